The van der Waals surface area contributed by atoms with Crippen LogP contribution in [-0.2, 0) is 32.0 Å². The molecule has 1 aromatic carbocycles. The van der Waals surface area contributed by atoms with Crippen molar-refractivity contribution in [3.63, 3.8) is 0 Å². The van der Waals surface area contributed by atoms with Crippen molar-refractivity contribution < 1.29 is 29.0 Å². The van der Waals surface area contributed by atoms with Crippen LogP contribution in [0.1, 0.15) is 79.6 Å². The van der Waals surface area contributed by atoms with Gasteiger partial charge in [0, 0.05) is 21.9 Å². The average Bonchev–Trinajstić information content (AvgIpc) is 3.17. The minimum atomic E-state index is -1.03. The van der Waals surface area contributed by atoms with Gasteiger partial charge >= 0.3 is 11.9 Å². The molecule has 1 aliphatic carbocycles. The predicted octanol–water partition coefficient (Wildman–Crippen LogP) is 5.90. The van der Waals surface area contributed by atoms with E-state index in [-0.39, 0.29) is 37.2 Å². The summed E-state index contributed by atoms with van der Waals surface area (Å²) in [4.78, 5) is 50.9. The number of hydrogen-bond acceptors (Lipinski definition) is 7. The van der Waals surface area contributed by atoms with Gasteiger partial charge in [-0.15, -0.1) is 23.1 Å². The molecule has 2 aromatic rings. The van der Waals surface area contributed by atoms with Crippen LogP contribution in [0.5, 0.6) is 0 Å². The Morgan fingerprint density at radius 3 is 2.51 bits per heavy atom. The van der Waals surface area contributed by atoms with Crippen LogP contribution in [0.3, 0.4) is 0 Å². The Morgan fingerprint density at radius 2 is 1.81 bits per heavy atom. The summed E-state index contributed by atoms with van der Waals surface area (Å²) in [6, 6.07) is 7.11. The lowest BCUT2D eigenvalue weighted by atomic mass is 9.96. The Labute approximate surface area is 225 Å². The lowest BCUT2D eigenvalue weighted by Crippen LogP contribution is -2.25. The zero-order valence-electron chi connectivity index (χ0n) is 21.3. The number of anilines is 2. The second-order valence-electron chi connectivity index (χ2n) is 8.82. The number of aryl methyl sites for hydroxylation is 1. The van der Waals surface area contributed by atoms with Crippen molar-refractivity contribution >= 4 is 57.5 Å². The highest BCUT2D eigenvalue weighted by atomic mass is 32.2. The van der Waals surface area contributed by atoms with Crippen molar-refractivity contribution in [2.45, 2.75) is 81.8 Å². The lowest BCUT2D eigenvalue weighted by Gasteiger charge is -2.16. The average molecular weight is 547 g/mol. The topological polar surface area (TPSA) is 122 Å². The number of carbonyl (C=O) groups is 4. The number of carbonyl (C=O) groups excluding carboxylic acids is 3. The summed E-state index contributed by atoms with van der Waals surface area (Å²) < 4.78 is 5.35. The van der Waals surface area contributed by atoms with E-state index in [1.165, 1.54) is 29.5 Å². The van der Waals surface area contributed by atoms with Gasteiger partial charge in [0.1, 0.15) is 5.00 Å². The number of fused-ring (bicyclic) bond motifs is 1. The third-order valence-corrected chi connectivity index (χ3v) is 8.58. The molecule has 0 saturated carbocycles. The maximum atomic E-state index is 13.3. The lowest BCUT2D eigenvalue weighted by molar-refractivity contribution is -0.138. The summed E-state index contributed by atoms with van der Waals surface area (Å²) in [5, 5.41) is 14.6. The van der Waals surface area contributed by atoms with E-state index in [9.17, 15) is 19.2 Å². The molecule has 1 aromatic heterocycles. The SMILES string of the molecule is CCOC(=O)c1c(NC(=O)C(CC)Sc2cccc(NC(=O)CCC(=O)O)c2)sc2c1CCCCCC2. The van der Waals surface area contributed by atoms with Gasteiger partial charge < -0.3 is 20.5 Å². The van der Waals surface area contributed by atoms with Gasteiger partial charge in [0.25, 0.3) is 0 Å². The molecule has 3 rings (SSSR count). The Kier molecular flexibility index (Phi) is 11.0. The molecule has 37 heavy (non-hydrogen) atoms. The Bertz CT molecular complexity index is 1130. The monoisotopic (exact) mass is 546 g/mol. The quantitative estimate of drug-likeness (QED) is 0.237. The van der Waals surface area contributed by atoms with Gasteiger partial charge in [-0.2, -0.15) is 0 Å². The van der Waals surface area contributed by atoms with Gasteiger partial charge in [-0.25, -0.2) is 4.79 Å². The van der Waals surface area contributed by atoms with E-state index in [0.29, 0.717) is 22.7 Å². The first kappa shape index (κ1) is 28.7. The maximum absolute atomic E-state index is 13.3. The van der Waals surface area contributed by atoms with Crippen LogP contribution in [0.4, 0.5) is 10.7 Å². The number of carboxylic acid groups (broad SMARTS) is 1. The number of rotatable bonds is 11. The van der Waals surface area contributed by atoms with Crippen LogP contribution in [0.15, 0.2) is 29.2 Å². The Morgan fingerprint density at radius 1 is 1.05 bits per heavy atom. The van der Waals surface area contributed by atoms with Gasteiger partial charge in [0.05, 0.1) is 23.8 Å². The van der Waals surface area contributed by atoms with Gasteiger partial charge in [-0.3, -0.25) is 14.4 Å². The Hall–Kier alpha value is -2.85. The molecular formula is C27H34N2O6S2. The maximum Gasteiger partial charge on any atom is 0.341 e. The normalized spacial score (nSPS) is 14.0. The van der Waals surface area contributed by atoms with Crippen LogP contribution >= 0.6 is 23.1 Å². The van der Waals surface area contributed by atoms with Crippen LogP contribution in [0.25, 0.3) is 0 Å². The fourth-order valence-corrected chi connectivity index (χ4v) is 6.49. The second-order valence-corrected chi connectivity index (χ2v) is 11.2. The first-order valence-corrected chi connectivity index (χ1v) is 14.4. The summed E-state index contributed by atoms with van der Waals surface area (Å²) >= 11 is 2.86. The van der Waals surface area contributed by atoms with Crippen molar-refractivity contribution in [2.24, 2.45) is 0 Å². The van der Waals surface area contributed by atoms with Crippen molar-refractivity contribution in [3.8, 4) is 0 Å². The zero-order chi connectivity index (χ0) is 26.8. The molecular weight excluding hydrogens is 512 g/mol. The Balaban J connectivity index is 1.74. The number of hydrogen-bond donors (Lipinski definition) is 3. The fraction of sp³-hybridized carbons (Fsp3) is 0.481. The molecule has 0 aliphatic heterocycles. The van der Waals surface area contributed by atoms with E-state index in [1.807, 2.05) is 13.0 Å². The highest BCUT2D eigenvalue weighted by Crippen LogP contribution is 2.38. The van der Waals surface area contributed by atoms with Crippen molar-refractivity contribution in [1.29, 1.82) is 0 Å². The van der Waals surface area contributed by atoms with Crippen LogP contribution in [-0.4, -0.2) is 40.7 Å². The number of amides is 2. The van der Waals surface area contributed by atoms with Crippen molar-refractivity contribution in [2.75, 3.05) is 17.2 Å². The summed E-state index contributed by atoms with van der Waals surface area (Å²) in [7, 11) is 0. The van der Waals surface area contributed by atoms with Crippen molar-refractivity contribution in [3.05, 3.63) is 40.3 Å². The number of esters is 1. The summed E-state index contributed by atoms with van der Waals surface area (Å²) in [5.74, 6) is -1.99. The van der Waals surface area contributed by atoms with Gasteiger partial charge in [-0.1, -0.05) is 25.8 Å². The largest absolute Gasteiger partial charge is 0.481 e. The number of benzene rings is 1. The molecule has 0 fully saturated rings. The minimum absolute atomic E-state index is 0.111. The molecule has 0 bridgehead atoms. The fourth-order valence-electron chi connectivity index (χ4n) is 4.20. The van der Waals surface area contributed by atoms with Crippen LogP contribution < -0.4 is 10.6 Å². The summed E-state index contributed by atoms with van der Waals surface area (Å²) in [6.07, 6.45) is 6.31. The molecule has 3 N–H and O–H groups in total. The summed E-state index contributed by atoms with van der Waals surface area (Å²) in [5.41, 5.74) is 2.06. The minimum Gasteiger partial charge on any atom is -0.481 e. The number of aliphatic carboxylic acids is 1. The second kappa shape index (κ2) is 14.2. The molecule has 0 radical (unpaired) electrons. The first-order chi connectivity index (χ1) is 17.8. The molecule has 2 amide bonds. The smallest absolute Gasteiger partial charge is 0.341 e. The molecule has 8 nitrogen and oxygen atoms in total. The van der Waals surface area contributed by atoms with E-state index in [0.717, 1.165) is 47.4 Å². The van der Waals surface area contributed by atoms with Crippen LogP contribution in [0, 0.1) is 0 Å². The number of thioether (sulfide) groups is 1. The number of nitrogens with one attached hydrogen (secondary N) is 2. The van der Waals surface area contributed by atoms with Crippen LogP contribution in [0.2, 0.25) is 0 Å². The van der Waals surface area contributed by atoms with E-state index < -0.39 is 11.2 Å². The molecule has 1 atom stereocenters. The molecule has 1 heterocycles. The molecule has 1 aliphatic rings. The first-order valence-electron chi connectivity index (χ1n) is 12.7. The third-order valence-electron chi connectivity index (χ3n) is 6.01. The number of carboxylic acids is 1. The van der Waals surface area contributed by atoms with Gasteiger partial charge in [0.15, 0.2) is 0 Å². The zero-order valence-corrected chi connectivity index (χ0v) is 22.9. The predicted molar refractivity (Wildman–Crippen MR) is 147 cm³/mol. The molecule has 200 valence electrons. The van der Waals surface area contributed by atoms with E-state index in [1.54, 1.807) is 25.1 Å². The highest BCUT2D eigenvalue weighted by molar-refractivity contribution is 8.00. The summed E-state index contributed by atoms with van der Waals surface area (Å²) in [6.45, 7) is 3.97. The van der Waals surface area contributed by atoms with E-state index >= 15 is 0 Å². The van der Waals surface area contributed by atoms with Gasteiger partial charge in [0.2, 0.25) is 11.8 Å². The number of ether oxygens (including phenoxy) is 1. The molecule has 0 spiro atoms. The molecule has 10 heteroatoms. The standard InChI is InChI=1S/C27H34N2O6S2/c1-3-20(36-18-11-9-10-17(16-18)28-22(30)14-15-23(31)32)25(33)29-26-24(27(34)35-4-2)19-12-7-5-6-8-13-21(19)37-26/h9-11,16,20H,3-8,12-15H2,1-2H3,(H,28,30)(H,29,33)(H,31,32). The third kappa shape index (κ3) is 8.33. The highest BCUT2D eigenvalue weighted by Gasteiger charge is 2.28. The number of thiophene rings is 1. The van der Waals surface area contributed by atoms with Gasteiger partial charge in [-0.05, 0) is 62.8 Å². The van der Waals surface area contributed by atoms with E-state index in [2.05, 4.69) is 10.6 Å². The molecule has 0 saturated heterocycles. The van der Waals surface area contributed by atoms with E-state index in [4.69, 9.17) is 9.84 Å². The van der Waals surface area contributed by atoms with Crippen molar-refractivity contribution in [1.82, 2.24) is 0 Å². The molecule has 1 unspecified atom stereocenters.